The van der Waals surface area contributed by atoms with Crippen molar-refractivity contribution in [3.63, 3.8) is 0 Å². The molecule has 1 rings (SSSR count). The number of aromatic nitrogens is 2. The molecule has 0 saturated carbocycles. The molecule has 0 fully saturated rings. The van der Waals surface area contributed by atoms with Crippen LogP contribution in [0.3, 0.4) is 0 Å². The minimum atomic E-state index is 0.137. The van der Waals surface area contributed by atoms with Crippen molar-refractivity contribution < 1.29 is 0 Å². The van der Waals surface area contributed by atoms with Crippen LogP contribution >= 0.6 is 0 Å². The van der Waals surface area contributed by atoms with Gasteiger partial charge < -0.3 is 10.2 Å². The molecular formula is C14H23N5. The molecule has 5 nitrogen and oxygen atoms in total. The maximum absolute atomic E-state index is 8.82. The first-order chi connectivity index (χ1) is 9.04. The van der Waals surface area contributed by atoms with E-state index in [9.17, 15) is 0 Å². The van der Waals surface area contributed by atoms with E-state index in [1.807, 2.05) is 27.8 Å². The fraction of sp³-hybridized carbons (Fsp3) is 0.643. The molecule has 0 amide bonds. The minimum absolute atomic E-state index is 0.137. The van der Waals surface area contributed by atoms with Gasteiger partial charge in [0.1, 0.15) is 17.5 Å². The molecule has 1 heterocycles. The lowest BCUT2D eigenvalue weighted by molar-refractivity contribution is 0.687. The van der Waals surface area contributed by atoms with Gasteiger partial charge in [0.15, 0.2) is 0 Å². The lowest BCUT2D eigenvalue weighted by Gasteiger charge is -2.26. The van der Waals surface area contributed by atoms with Gasteiger partial charge in [0.05, 0.1) is 12.5 Å². The Morgan fingerprint density at radius 1 is 1.37 bits per heavy atom. The number of nitrogens with one attached hydrogen (secondary N) is 1. The van der Waals surface area contributed by atoms with Crippen molar-refractivity contribution in [2.45, 2.75) is 46.6 Å². The summed E-state index contributed by atoms with van der Waals surface area (Å²) in [5, 5.41) is 12.1. The van der Waals surface area contributed by atoms with Crippen molar-refractivity contribution in [3.05, 3.63) is 11.4 Å². The van der Waals surface area contributed by atoms with Crippen molar-refractivity contribution in [3.8, 4) is 6.07 Å². The first-order valence-corrected chi connectivity index (χ1v) is 6.76. The second-order valence-corrected chi connectivity index (χ2v) is 4.64. The summed E-state index contributed by atoms with van der Waals surface area (Å²) < 4.78 is 0. The van der Waals surface area contributed by atoms with Crippen LogP contribution in [0.25, 0.3) is 0 Å². The van der Waals surface area contributed by atoms with Gasteiger partial charge in [-0.1, -0.05) is 6.92 Å². The van der Waals surface area contributed by atoms with Gasteiger partial charge in [-0.2, -0.15) is 5.26 Å². The van der Waals surface area contributed by atoms with E-state index < -0.39 is 0 Å². The number of aryl methyl sites for hydroxylation is 1. The molecule has 0 aliphatic rings. The molecule has 1 aromatic heterocycles. The number of rotatable bonds is 6. The van der Waals surface area contributed by atoms with Crippen LogP contribution in [-0.4, -0.2) is 29.6 Å². The Balaban J connectivity index is 3.18. The Hall–Kier alpha value is -1.83. The zero-order valence-corrected chi connectivity index (χ0v) is 12.5. The Bertz CT molecular complexity index is 464. The van der Waals surface area contributed by atoms with Gasteiger partial charge in [-0.3, -0.25) is 0 Å². The fourth-order valence-corrected chi connectivity index (χ4v) is 1.87. The highest BCUT2D eigenvalue weighted by Gasteiger charge is 2.17. The highest BCUT2D eigenvalue weighted by molar-refractivity contribution is 5.58. The number of hydrogen-bond acceptors (Lipinski definition) is 5. The average Bonchev–Trinajstić information content (AvgIpc) is 2.40. The Kier molecular flexibility index (Phi) is 5.56. The second-order valence-electron chi connectivity index (χ2n) is 4.64. The van der Waals surface area contributed by atoms with Crippen LogP contribution < -0.4 is 10.2 Å². The van der Waals surface area contributed by atoms with Crippen LogP contribution in [0.5, 0.6) is 0 Å². The van der Waals surface area contributed by atoms with Gasteiger partial charge >= 0.3 is 0 Å². The summed E-state index contributed by atoms with van der Waals surface area (Å²) in [7, 11) is 1.98. The molecular weight excluding hydrogens is 238 g/mol. The van der Waals surface area contributed by atoms with Crippen LogP contribution in [0.15, 0.2) is 0 Å². The predicted molar refractivity (Wildman–Crippen MR) is 78.4 cm³/mol. The highest BCUT2D eigenvalue weighted by Crippen LogP contribution is 2.24. The Labute approximate surface area is 115 Å². The maximum atomic E-state index is 8.82. The monoisotopic (exact) mass is 261 g/mol. The van der Waals surface area contributed by atoms with E-state index >= 15 is 0 Å². The first kappa shape index (κ1) is 15.2. The quantitative estimate of drug-likeness (QED) is 0.852. The third kappa shape index (κ3) is 3.57. The van der Waals surface area contributed by atoms with E-state index in [0.717, 1.165) is 36.0 Å². The van der Waals surface area contributed by atoms with Gasteiger partial charge in [0.2, 0.25) is 0 Å². The second kappa shape index (κ2) is 6.93. The fourth-order valence-electron chi connectivity index (χ4n) is 1.87. The van der Waals surface area contributed by atoms with Gasteiger partial charge in [-0.05, 0) is 20.8 Å². The molecule has 0 spiro atoms. The van der Waals surface area contributed by atoms with Crippen molar-refractivity contribution in [1.29, 1.82) is 5.26 Å². The van der Waals surface area contributed by atoms with E-state index in [4.69, 9.17) is 5.26 Å². The summed E-state index contributed by atoms with van der Waals surface area (Å²) in [5.74, 6) is 2.62. The summed E-state index contributed by atoms with van der Waals surface area (Å²) in [6.45, 7) is 8.97. The average molecular weight is 261 g/mol. The van der Waals surface area contributed by atoms with Gasteiger partial charge in [-0.25, -0.2) is 9.97 Å². The zero-order chi connectivity index (χ0) is 14.4. The third-order valence-corrected chi connectivity index (χ3v) is 3.21. The van der Waals surface area contributed by atoms with Gasteiger partial charge in [-0.15, -0.1) is 0 Å². The maximum Gasteiger partial charge on any atom is 0.137 e. The lowest BCUT2D eigenvalue weighted by Crippen LogP contribution is -2.30. The molecule has 0 aromatic carbocycles. The van der Waals surface area contributed by atoms with Crippen molar-refractivity contribution in [2.75, 3.05) is 23.8 Å². The smallest absolute Gasteiger partial charge is 0.137 e. The van der Waals surface area contributed by atoms with Crippen molar-refractivity contribution >= 4 is 11.6 Å². The topological polar surface area (TPSA) is 64.8 Å². The molecule has 0 bridgehead atoms. The molecule has 0 aliphatic heterocycles. The van der Waals surface area contributed by atoms with Crippen molar-refractivity contribution in [2.24, 2.45) is 0 Å². The zero-order valence-electron chi connectivity index (χ0n) is 12.5. The number of anilines is 2. The minimum Gasteiger partial charge on any atom is -0.370 e. The molecule has 0 saturated heterocycles. The summed E-state index contributed by atoms with van der Waals surface area (Å²) >= 11 is 0. The van der Waals surface area contributed by atoms with Crippen LogP contribution in [-0.2, 0) is 6.42 Å². The van der Waals surface area contributed by atoms with E-state index in [1.54, 1.807) is 0 Å². The molecule has 1 N–H and O–H groups in total. The molecule has 1 atom stereocenters. The number of nitriles is 1. The van der Waals surface area contributed by atoms with E-state index in [0.29, 0.717) is 6.42 Å². The van der Waals surface area contributed by atoms with Crippen LogP contribution in [0.4, 0.5) is 11.6 Å². The summed E-state index contributed by atoms with van der Waals surface area (Å²) in [4.78, 5) is 11.2. The number of hydrogen-bond donors (Lipinski definition) is 1. The molecule has 1 unspecified atom stereocenters. The van der Waals surface area contributed by atoms with Crippen molar-refractivity contribution in [1.82, 2.24) is 9.97 Å². The van der Waals surface area contributed by atoms with Gasteiger partial charge in [0.25, 0.3) is 0 Å². The lowest BCUT2D eigenvalue weighted by atomic mass is 10.2. The van der Waals surface area contributed by atoms with E-state index in [1.165, 1.54) is 0 Å². The summed E-state index contributed by atoms with van der Waals surface area (Å²) in [5.41, 5.74) is 1.03. The van der Waals surface area contributed by atoms with Crippen LogP contribution in [0.2, 0.25) is 0 Å². The first-order valence-electron chi connectivity index (χ1n) is 6.76. The Morgan fingerprint density at radius 3 is 2.58 bits per heavy atom. The predicted octanol–water partition coefficient (Wildman–Crippen LogP) is 2.52. The standard InChI is InChI=1S/C14H23N5/c1-6-12-17-13(16-7-2)11(4)14(18-12)19(5)10(3)8-9-15/h10H,6-8H2,1-5H3,(H,16,17,18). The Morgan fingerprint density at radius 2 is 2.05 bits per heavy atom. The molecule has 5 heteroatoms. The van der Waals surface area contributed by atoms with Crippen LogP contribution in [0.1, 0.15) is 38.6 Å². The molecule has 19 heavy (non-hydrogen) atoms. The largest absolute Gasteiger partial charge is 0.370 e. The van der Waals surface area contributed by atoms with E-state index in [-0.39, 0.29) is 6.04 Å². The molecule has 0 radical (unpaired) electrons. The normalized spacial score (nSPS) is 11.8. The third-order valence-electron chi connectivity index (χ3n) is 3.21. The highest BCUT2D eigenvalue weighted by atomic mass is 15.2. The molecule has 0 aliphatic carbocycles. The van der Waals surface area contributed by atoms with Gasteiger partial charge in [0, 0.05) is 31.6 Å². The SMILES string of the molecule is CCNc1nc(CC)nc(N(C)C(C)CC#N)c1C. The van der Waals surface area contributed by atoms with E-state index in [2.05, 4.69) is 33.2 Å². The summed E-state index contributed by atoms with van der Waals surface area (Å²) in [6, 6.07) is 2.34. The molecule has 1 aromatic rings. The molecule has 104 valence electrons. The van der Waals surface area contributed by atoms with Crippen LogP contribution in [0, 0.1) is 18.3 Å². The summed E-state index contributed by atoms with van der Waals surface area (Å²) in [6.07, 6.45) is 1.28. The number of nitrogens with zero attached hydrogens (tertiary/aromatic N) is 4.